The first kappa shape index (κ1) is 17.5. The molecule has 1 rings (SSSR count). The molecule has 0 aliphatic carbocycles. The van der Waals surface area contributed by atoms with Crippen molar-refractivity contribution in [2.45, 2.75) is 6.42 Å². The third-order valence-electron chi connectivity index (χ3n) is 2.48. The van der Waals surface area contributed by atoms with Crippen LogP contribution in [-0.4, -0.2) is 44.4 Å². The number of nitrogens with zero attached hydrogens (tertiary/aromatic N) is 1. The molecule has 0 saturated carbocycles. The molecular formula is C13H16BrNO6. The minimum atomic E-state index is -0.609. The van der Waals surface area contributed by atoms with Crippen molar-refractivity contribution in [2.75, 3.05) is 33.5 Å². The number of nitro groups is 1. The first-order chi connectivity index (χ1) is 10.1. The van der Waals surface area contributed by atoms with Gasteiger partial charge in [0.1, 0.15) is 0 Å². The van der Waals surface area contributed by atoms with E-state index in [4.69, 9.17) is 14.2 Å². The van der Waals surface area contributed by atoms with Crippen LogP contribution in [0.3, 0.4) is 0 Å². The second-order valence-electron chi connectivity index (χ2n) is 4.02. The van der Waals surface area contributed by atoms with Crippen molar-refractivity contribution in [1.29, 1.82) is 0 Å². The van der Waals surface area contributed by atoms with E-state index in [2.05, 4.69) is 15.9 Å². The number of rotatable bonds is 9. The average Bonchev–Trinajstić information content (AvgIpc) is 2.46. The summed E-state index contributed by atoms with van der Waals surface area (Å²) < 4.78 is 15.5. The van der Waals surface area contributed by atoms with Gasteiger partial charge >= 0.3 is 5.97 Å². The van der Waals surface area contributed by atoms with E-state index in [1.807, 2.05) is 0 Å². The zero-order chi connectivity index (χ0) is 15.7. The average molecular weight is 362 g/mol. The van der Waals surface area contributed by atoms with E-state index in [-0.39, 0.29) is 17.9 Å². The molecule has 8 heteroatoms. The second-order valence-corrected chi connectivity index (χ2v) is 4.87. The molecule has 0 amide bonds. The monoisotopic (exact) mass is 361 g/mol. The van der Waals surface area contributed by atoms with Crippen LogP contribution in [0.1, 0.15) is 16.8 Å². The van der Waals surface area contributed by atoms with Gasteiger partial charge in [0.2, 0.25) is 0 Å². The zero-order valence-corrected chi connectivity index (χ0v) is 13.1. The fourth-order valence-corrected chi connectivity index (χ4v) is 1.84. The van der Waals surface area contributed by atoms with E-state index in [0.717, 1.165) is 0 Å². The van der Waals surface area contributed by atoms with Gasteiger partial charge in [-0.05, 0) is 22.0 Å². The molecule has 0 bridgehead atoms. The van der Waals surface area contributed by atoms with E-state index >= 15 is 0 Å². The maximum Gasteiger partial charge on any atom is 0.339 e. The fraction of sp³-hybridized carbons (Fsp3) is 0.462. The van der Waals surface area contributed by atoms with Crippen molar-refractivity contribution in [1.82, 2.24) is 0 Å². The summed E-state index contributed by atoms with van der Waals surface area (Å²) >= 11 is 3.17. The molecular weight excluding hydrogens is 346 g/mol. The van der Waals surface area contributed by atoms with Crippen LogP contribution >= 0.6 is 15.9 Å². The number of methoxy groups -OCH3 is 1. The van der Waals surface area contributed by atoms with Crippen molar-refractivity contribution in [3.05, 3.63) is 38.3 Å². The van der Waals surface area contributed by atoms with Crippen molar-refractivity contribution in [3.63, 3.8) is 0 Å². The van der Waals surface area contributed by atoms with Crippen molar-refractivity contribution in [3.8, 4) is 0 Å². The quantitative estimate of drug-likeness (QED) is 0.290. The second kappa shape index (κ2) is 9.43. The molecule has 0 aliphatic heterocycles. The summed E-state index contributed by atoms with van der Waals surface area (Å²) in [5.41, 5.74) is -0.0300. The number of esters is 1. The van der Waals surface area contributed by atoms with E-state index in [0.29, 0.717) is 30.7 Å². The summed E-state index contributed by atoms with van der Waals surface area (Å²) in [5, 5.41) is 10.7. The Balaban J connectivity index is 2.41. The van der Waals surface area contributed by atoms with Crippen LogP contribution < -0.4 is 0 Å². The molecule has 1 aromatic rings. The lowest BCUT2D eigenvalue weighted by atomic mass is 10.2. The SMILES string of the molecule is COCCOCCCOC(=O)c1cc([N+](=O)[O-])ccc1Br. The topological polar surface area (TPSA) is 87.9 Å². The molecule has 21 heavy (non-hydrogen) atoms. The van der Waals surface area contributed by atoms with Gasteiger partial charge in [-0.1, -0.05) is 0 Å². The van der Waals surface area contributed by atoms with E-state index in [1.54, 1.807) is 7.11 Å². The highest BCUT2D eigenvalue weighted by Gasteiger charge is 2.16. The highest BCUT2D eigenvalue weighted by atomic mass is 79.9. The third kappa shape index (κ3) is 6.19. The summed E-state index contributed by atoms with van der Waals surface area (Å²) in [5.74, 6) is -0.609. The minimum absolute atomic E-state index is 0.129. The van der Waals surface area contributed by atoms with Crippen LogP contribution in [0.5, 0.6) is 0 Å². The maximum atomic E-state index is 11.8. The molecule has 0 fully saturated rings. The van der Waals surface area contributed by atoms with Crippen LogP contribution in [0.25, 0.3) is 0 Å². The lowest BCUT2D eigenvalue weighted by molar-refractivity contribution is -0.384. The van der Waals surface area contributed by atoms with Crippen LogP contribution in [0.2, 0.25) is 0 Å². The Morgan fingerprint density at radius 2 is 2.05 bits per heavy atom. The first-order valence-electron chi connectivity index (χ1n) is 6.24. The number of nitro benzene ring substituents is 1. The van der Waals surface area contributed by atoms with Crippen molar-refractivity contribution in [2.24, 2.45) is 0 Å². The van der Waals surface area contributed by atoms with Gasteiger partial charge in [0, 0.05) is 36.7 Å². The normalized spacial score (nSPS) is 10.4. The summed E-state index contributed by atoms with van der Waals surface area (Å²) in [7, 11) is 1.59. The lowest BCUT2D eigenvalue weighted by Gasteiger charge is -2.07. The molecule has 0 aromatic heterocycles. The van der Waals surface area contributed by atoms with Gasteiger partial charge < -0.3 is 14.2 Å². The number of benzene rings is 1. The molecule has 0 spiro atoms. The highest BCUT2D eigenvalue weighted by Crippen LogP contribution is 2.23. The molecule has 0 saturated heterocycles. The van der Waals surface area contributed by atoms with Crippen molar-refractivity contribution >= 4 is 27.6 Å². The minimum Gasteiger partial charge on any atom is -0.462 e. The number of carbonyl (C=O) groups excluding carboxylic acids is 1. The molecule has 0 aliphatic rings. The van der Waals surface area contributed by atoms with Crippen molar-refractivity contribution < 1.29 is 23.9 Å². The number of halogens is 1. The van der Waals surface area contributed by atoms with Gasteiger partial charge in [0.15, 0.2) is 0 Å². The Labute approximate surface area is 130 Å². The zero-order valence-electron chi connectivity index (χ0n) is 11.5. The molecule has 1 aromatic carbocycles. The van der Waals surface area contributed by atoms with Crippen LogP contribution in [0, 0.1) is 10.1 Å². The fourth-order valence-electron chi connectivity index (χ4n) is 1.43. The van der Waals surface area contributed by atoms with E-state index < -0.39 is 10.9 Å². The Morgan fingerprint density at radius 1 is 1.29 bits per heavy atom. The van der Waals surface area contributed by atoms with E-state index in [1.165, 1.54) is 18.2 Å². The smallest absolute Gasteiger partial charge is 0.339 e. The maximum absolute atomic E-state index is 11.8. The number of ether oxygens (including phenoxy) is 3. The summed E-state index contributed by atoms with van der Waals surface area (Å²) in [6.45, 7) is 1.63. The van der Waals surface area contributed by atoms with Gasteiger partial charge in [0.25, 0.3) is 5.69 Å². The van der Waals surface area contributed by atoms with Crippen LogP contribution in [0.4, 0.5) is 5.69 Å². The van der Waals surface area contributed by atoms with Gasteiger partial charge in [-0.2, -0.15) is 0 Å². The molecule has 116 valence electrons. The van der Waals surface area contributed by atoms with Gasteiger partial charge in [-0.15, -0.1) is 0 Å². The highest BCUT2D eigenvalue weighted by molar-refractivity contribution is 9.10. The van der Waals surface area contributed by atoms with E-state index in [9.17, 15) is 14.9 Å². The first-order valence-corrected chi connectivity index (χ1v) is 7.03. The predicted octanol–water partition coefficient (Wildman–Crippen LogP) is 2.57. The molecule has 0 radical (unpaired) electrons. The summed E-state index contributed by atoms with van der Waals surface area (Å²) in [6.07, 6.45) is 0.544. The number of non-ortho nitro benzene ring substituents is 1. The molecule has 7 nitrogen and oxygen atoms in total. The van der Waals surface area contributed by atoms with Crippen LogP contribution in [0.15, 0.2) is 22.7 Å². The van der Waals surface area contributed by atoms with Gasteiger partial charge in [-0.25, -0.2) is 4.79 Å². The van der Waals surface area contributed by atoms with Gasteiger partial charge in [-0.3, -0.25) is 10.1 Å². The number of hydrogen-bond acceptors (Lipinski definition) is 6. The predicted molar refractivity (Wildman–Crippen MR) is 78.4 cm³/mol. The molecule has 0 heterocycles. The van der Waals surface area contributed by atoms with Gasteiger partial charge in [0.05, 0.1) is 30.3 Å². The Hall–Kier alpha value is -1.51. The standard InChI is InChI=1S/C13H16BrNO6/c1-19-7-8-20-5-2-6-21-13(16)11-9-10(15(17)18)3-4-12(11)14/h3-4,9H,2,5-8H2,1H3. The van der Waals surface area contributed by atoms with Crippen LogP contribution in [-0.2, 0) is 14.2 Å². The molecule has 0 N–H and O–H groups in total. The molecule has 0 atom stereocenters. The molecule has 0 unspecified atom stereocenters. The Morgan fingerprint density at radius 3 is 2.71 bits per heavy atom. The number of carbonyl (C=O) groups is 1. The summed E-state index contributed by atoms with van der Waals surface area (Å²) in [4.78, 5) is 22.0. The Kier molecular flexibility index (Phi) is 7.88. The Bertz CT molecular complexity index is 494. The largest absolute Gasteiger partial charge is 0.462 e. The number of hydrogen-bond donors (Lipinski definition) is 0. The lowest BCUT2D eigenvalue weighted by Crippen LogP contribution is -2.10. The third-order valence-corrected chi connectivity index (χ3v) is 3.17. The summed E-state index contributed by atoms with van der Waals surface area (Å²) in [6, 6.07) is 3.94.